The minimum absolute atomic E-state index is 0.0817. The summed E-state index contributed by atoms with van der Waals surface area (Å²) in [5, 5.41) is 19.0. The van der Waals surface area contributed by atoms with E-state index in [2.05, 4.69) is 0 Å². The quantitative estimate of drug-likeness (QED) is 0.858. The van der Waals surface area contributed by atoms with Crippen LogP contribution in [0.15, 0.2) is 52.9 Å². The summed E-state index contributed by atoms with van der Waals surface area (Å²) in [4.78, 5) is 11.5. The fourth-order valence-corrected chi connectivity index (χ4v) is 3.76. The molecule has 6 heteroatoms. The molecule has 1 aliphatic rings. The van der Waals surface area contributed by atoms with E-state index in [9.17, 15) is 23.4 Å². The zero-order valence-electron chi connectivity index (χ0n) is 14.4. The Bertz CT molecular complexity index is 1060. The maximum absolute atomic E-state index is 11.6. The predicted octanol–water partition coefficient (Wildman–Crippen LogP) is 3.60. The van der Waals surface area contributed by atoms with Gasteiger partial charge in [-0.25, -0.2) is 8.42 Å². The first-order valence-corrected chi connectivity index (χ1v) is 9.83. The van der Waals surface area contributed by atoms with Gasteiger partial charge in [-0.3, -0.25) is 4.79 Å². The van der Waals surface area contributed by atoms with Gasteiger partial charge in [0, 0.05) is 6.26 Å². The number of hydrogen-bond donors (Lipinski definition) is 2. The van der Waals surface area contributed by atoms with Crippen molar-refractivity contribution in [3.05, 3.63) is 64.7 Å². The van der Waals surface area contributed by atoms with Gasteiger partial charge in [0.2, 0.25) is 0 Å². The molecule has 2 N–H and O–H groups in total. The third kappa shape index (κ3) is 3.41. The summed E-state index contributed by atoms with van der Waals surface area (Å²) in [7, 11) is -3.26. The summed E-state index contributed by atoms with van der Waals surface area (Å²) < 4.78 is 23.2. The highest BCUT2D eigenvalue weighted by Crippen LogP contribution is 2.44. The molecular formula is C20H18O5S. The first kappa shape index (κ1) is 17.9. The molecule has 0 saturated carbocycles. The number of carboxylic acids is 1. The van der Waals surface area contributed by atoms with Gasteiger partial charge >= 0.3 is 5.97 Å². The summed E-state index contributed by atoms with van der Waals surface area (Å²) in [6.07, 6.45) is 2.92. The summed E-state index contributed by atoms with van der Waals surface area (Å²) >= 11 is 0. The van der Waals surface area contributed by atoms with Crippen LogP contribution in [-0.4, -0.2) is 30.9 Å². The number of carboxylic acid groups (broad SMARTS) is 1. The molecule has 134 valence electrons. The number of aliphatic carboxylic acids is 1. The highest BCUT2D eigenvalue weighted by atomic mass is 32.2. The normalized spacial score (nSPS) is 15.4. The van der Waals surface area contributed by atoms with Gasteiger partial charge in [0.25, 0.3) is 0 Å². The van der Waals surface area contributed by atoms with Crippen molar-refractivity contribution in [3.63, 3.8) is 0 Å². The summed E-state index contributed by atoms with van der Waals surface area (Å²) in [5.74, 6) is -0.856. The van der Waals surface area contributed by atoms with Crippen molar-refractivity contribution >= 4 is 33.0 Å². The average molecular weight is 370 g/mol. The fourth-order valence-electron chi connectivity index (χ4n) is 3.13. The number of phenolic OH excluding ortho intramolecular Hbond substituents is 1. The van der Waals surface area contributed by atoms with Crippen LogP contribution in [-0.2, 0) is 14.6 Å². The van der Waals surface area contributed by atoms with Crippen LogP contribution in [0.5, 0.6) is 5.75 Å². The van der Waals surface area contributed by atoms with E-state index < -0.39 is 15.8 Å². The average Bonchev–Trinajstić information content (AvgIpc) is 2.79. The Morgan fingerprint density at radius 2 is 1.73 bits per heavy atom. The molecule has 5 nitrogen and oxygen atoms in total. The number of hydrogen-bond acceptors (Lipinski definition) is 4. The molecular weight excluding hydrogens is 352 g/mol. The van der Waals surface area contributed by atoms with Gasteiger partial charge in [-0.15, -0.1) is 0 Å². The Morgan fingerprint density at radius 1 is 1.08 bits per heavy atom. The van der Waals surface area contributed by atoms with Crippen molar-refractivity contribution in [3.8, 4) is 5.75 Å². The van der Waals surface area contributed by atoms with Gasteiger partial charge in [-0.05, 0) is 70.7 Å². The zero-order chi connectivity index (χ0) is 19.1. The van der Waals surface area contributed by atoms with Crippen molar-refractivity contribution in [2.45, 2.75) is 18.2 Å². The molecule has 2 aromatic rings. The fraction of sp³-hybridized carbons (Fsp3) is 0.150. The molecule has 0 amide bonds. The summed E-state index contributed by atoms with van der Waals surface area (Å²) in [6, 6.07) is 11.4. The molecule has 0 radical (unpaired) electrons. The summed E-state index contributed by atoms with van der Waals surface area (Å²) in [6.45, 7) is 1.85. The number of sulfone groups is 1. The number of aromatic hydroxyl groups is 1. The van der Waals surface area contributed by atoms with Crippen LogP contribution in [0.3, 0.4) is 0 Å². The second kappa shape index (κ2) is 6.46. The smallest absolute Gasteiger partial charge is 0.307 e. The monoisotopic (exact) mass is 370 g/mol. The molecule has 3 rings (SSSR count). The standard InChI is InChI=1S/C20H18O5S/c1-12-17(9-13-3-6-15(7-4-13)26(2,24)25)16-8-5-14(21)10-19(16)18(12)11-20(22)23/h3-10,21H,11H2,1-2H3,(H,22,23)/b17-9-. The van der Waals surface area contributed by atoms with Crippen LogP contribution in [0.4, 0.5) is 0 Å². The van der Waals surface area contributed by atoms with Crippen molar-refractivity contribution in [2.75, 3.05) is 6.26 Å². The summed E-state index contributed by atoms with van der Waals surface area (Å²) in [5.41, 5.74) is 4.74. The van der Waals surface area contributed by atoms with Gasteiger partial charge in [-0.2, -0.15) is 0 Å². The number of fused-ring (bicyclic) bond motifs is 1. The molecule has 0 atom stereocenters. The minimum atomic E-state index is -3.26. The molecule has 26 heavy (non-hydrogen) atoms. The van der Waals surface area contributed by atoms with Crippen molar-refractivity contribution in [2.24, 2.45) is 0 Å². The molecule has 0 aromatic heterocycles. The van der Waals surface area contributed by atoms with Crippen LogP contribution in [0.2, 0.25) is 0 Å². The zero-order valence-corrected chi connectivity index (χ0v) is 15.2. The molecule has 0 saturated heterocycles. The number of rotatable bonds is 4. The second-order valence-corrected chi connectivity index (χ2v) is 8.32. The molecule has 0 aliphatic heterocycles. The van der Waals surface area contributed by atoms with Crippen LogP contribution >= 0.6 is 0 Å². The van der Waals surface area contributed by atoms with Crippen molar-refractivity contribution < 1.29 is 23.4 Å². The largest absolute Gasteiger partial charge is 0.508 e. The van der Waals surface area contributed by atoms with Gasteiger partial charge in [0.1, 0.15) is 5.75 Å². The molecule has 0 bridgehead atoms. The Kier molecular flexibility index (Phi) is 4.46. The number of allylic oxidation sites excluding steroid dienone is 2. The molecule has 0 heterocycles. The van der Waals surface area contributed by atoms with E-state index in [1.807, 2.05) is 13.0 Å². The first-order valence-electron chi connectivity index (χ1n) is 7.94. The Labute approximate surface area is 151 Å². The second-order valence-electron chi connectivity index (χ2n) is 6.30. The molecule has 0 unspecified atom stereocenters. The van der Waals surface area contributed by atoms with Crippen LogP contribution < -0.4 is 0 Å². The minimum Gasteiger partial charge on any atom is -0.508 e. The molecule has 0 fully saturated rings. The number of benzene rings is 2. The van der Waals surface area contributed by atoms with E-state index >= 15 is 0 Å². The molecule has 0 spiro atoms. The lowest BCUT2D eigenvalue weighted by Crippen LogP contribution is -1.96. The van der Waals surface area contributed by atoms with Crippen LogP contribution in [0, 0.1) is 0 Å². The Balaban J connectivity index is 2.11. The van der Waals surface area contributed by atoms with E-state index in [0.717, 1.165) is 28.5 Å². The first-order chi connectivity index (χ1) is 12.2. The van der Waals surface area contributed by atoms with Crippen LogP contribution in [0.1, 0.15) is 30.0 Å². The number of phenols is 1. The lowest BCUT2D eigenvalue weighted by atomic mass is 10.0. The van der Waals surface area contributed by atoms with Gasteiger partial charge < -0.3 is 10.2 Å². The highest BCUT2D eigenvalue weighted by Gasteiger charge is 2.25. The van der Waals surface area contributed by atoms with E-state index in [1.54, 1.807) is 42.5 Å². The van der Waals surface area contributed by atoms with E-state index in [1.165, 1.54) is 0 Å². The lowest BCUT2D eigenvalue weighted by molar-refractivity contribution is -0.135. The van der Waals surface area contributed by atoms with Crippen molar-refractivity contribution in [1.29, 1.82) is 0 Å². The Hall–Kier alpha value is -2.86. The molecule has 1 aliphatic carbocycles. The predicted molar refractivity (Wildman–Crippen MR) is 100 cm³/mol. The van der Waals surface area contributed by atoms with E-state index in [4.69, 9.17) is 0 Å². The van der Waals surface area contributed by atoms with Gasteiger partial charge in [0.15, 0.2) is 9.84 Å². The van der Waals surface area contributed by atoms with E-state index in [0.29, 0.717) is 11.1 Å². The van der Waals surface area contributed by atoms with Crippen LogP contribution in [0.25, 0.3) is 17.2 Å². The van der Waals surface area contributed by atoms with E-state index in [-0.39, 0.29) is 17.1 Å². The van der Waals surface area contributed by atoms with Gasteiger partial charge in [0.05, 0.1) is 11.3 Å². The number of carbonyl (C=O) groups is 1. The molecule has 2 aromatic carbocycles. The maximum atomic E-state index is 11.6. The topological polar surface area (TPSA) is 91.7 Å². The maximum Gasteiger partial charge on any atom is 0.307 e. The van der Waals surface area contributed by atoms with Crippen molar-refractivity contribution in [1.82, 2.24) is 0 Å². The Morgan fingerprint density at radius 3 is 2.31 bits per heavy atom. The van der Waals surface area contributed by atoms with Gasteiger partial charge in [-0.1, -0.05) is 18.2 Å². The highest BCUT2D eigenvalue weighted by molar-refractivity contribution is 7.90. The third-order valence-corrected chi connectivity index (χ3v) is 5.55. The SMILES string of the molecule is CC1=C(CC(=O)O)c2cc(O)ccc2/C1=C\c1ccc(S(C)(=O)=O)cc1. The lowest BCUT2D eigenvalue weighted by Gasteiger charge is -2.05. The third-order valence-electron chi connectivity index (χ3n) is 4.42.